The molecule has 2 aromatic carbocycles. The maximum absolute atomic E-state index is 12.5. The van der Waals surface area contributed by atoms with Crippen molar-refractivity contribution in [3.8, 4) is 23.3 Å². The van der Waals surface area contributed by atoms with Gasteiger partial charge in [0.05, 0.1) is 11.3 Å². The molecule has 3 rings (SSSR count). The standard InChI is InChI=1S/C21H12BrClN4OS/c22-14-3-1-2-13(8-14)18(28)11-29-21-17(10-25)19(16(9-24)20(26)27-21)12-4-6-15(23)7-5-12/h1-8H,11H2,(H2,26,27). The average molecular weight is 484 g/mol. The SMILES string of the molecule is N#Cc1c(N)nc(SCC(=O)c2cccc(Br)c2)c(C#N)c1-c1ccc(Cl)cc1. The first kappa shape index (κ1) is 20.9. The third-order valence-corrected chi connectivity index (χ3v) is 5.76. The molecule has 0 amide bonds. The lowest BCUT2D eigenvalue weighted by Crippen LogP contribution is -2.06. The van der Waals surface area contributed by atoms with Gasteiger partial charge in [-0.2, -0.15) is 10.5 Å². The van der Waals surface area contributed by atoms with Crippen LogP contribution in [-0.2, 0) is 0 Å². The maximum atomic E-state index is 12.5. The second-order valence-electron chi connectivity index (χ2n) is 5.88. The van der Waals surface area contributed by atoms with Crippen LogP contribution in [0.4, 0.5) is 5.82 Å². The van der Waals surface area contributed by atoms with Crippen molar-refractivity contribution < 1.29 is 4.79 Å². The van der Waals surface area contributed by atoms with Crippen LogP contribution in [-0.4, -0.2) is 16.5 Å². The molecule has 0 fully saturated rings. The quantitative estimate of drug-likeness (QED) is 0.381. The Balaban J connectivity index is 2.02. The van der Waals surface area contributed by atoms with Crippen LogP contribution in [0.25, 0.3) is 11.1 Å². The Morgan fingerprint density at radius 2 is 1.83 bits per heavy atom. The number of ketones is 1. The zero-order valence-corrected chi connectivity index (χ0v) is 18.0. The lowest BCUT2D eigenvalue weighted by molar-refractivity contribution is 0.102. The van der Waals surface area contributed by atoms with Crippen LogP contribution in [0.1, 0.15) is 21.5 Å². The van der Waals surface area contributed by atoms with E-state index in [0.717, 1.165) is 16.2 Å². The number of halogens is 2. The number of hydrogen-bond acceptors (Lipinski definition) is 6. The molecule has 0 atom stereocenters. The smallest absolute Gasteiger partial charge is 0.173 e. The van der Waals surface area contributed by atoms with Gasteiger partial charge in [0, 0.05) is 20.6 Å². The molecule has 0 bridgehead atoms. The number of aromatic nitrogens is 1. The monoisotopic (exact) mass is 482 g/mol. The van der Waals surface area contributed by atoms with Crippen LogP contribution in [0.5, 0.6) is 0 Å². The first-order valence-electron chi connectivity index (χ1n) is 8.25. The number of nitrogen functional groups attached to an aromatic ring is 1. The third-order valence-electron chi connectivity index (χ3n) is 4.04. The minimum absolute atomic E-state index is 0.00820. The molecule has 2 N–H and O–H groups in total. The number of thioether (sulfide) groups is 1. The lowest BCUT2D eigenvalue weighted by atomic mass is 9.97. The number of anilines is 1. The summed E-state index contributed by atoms with van der Waals surface area (Å²) in [6, 6.07) is 17.9. The van der Waals surface area contributed by atoms with Crippen molar-refractivity contribution in [3.63, 3.8) is 0 Å². The number of rotatable bonds is 5. The van der Waals surface area contributed by atoms with Crippen molar-refractivity contribution in [1.29, 1.82) is 10.5 Å². The zero-order valence-electron chi connectivity index (χ0n) is 14.8. The fraction of sp³-hybridized carbons (Fsp3) is 0.0476. The summed E-state index contributed by atoms with van der Waals surface area (Å²) in [6.07, 6.45) is 0. The van der Waals surface area contributed by atoms with Crippen LogP contribution in [0.2, 0.25) is 5.02 Å². The van der Waals surface area contributed by atoms with Crippen molar-refractivity contribution in [2.45, 2.75) is 5.03 Å². The van der Waals surface area contributed by atoms with Gasteiger partial charge in [0.25, 0.3) is 0 Å². The molecule has 1 heterocycles. The maximum Gasteiger partial charge on any atom is 0.173 e. The van der Waals surface area contributed by atoms with Gasteiger partial charge in [-0.3, -0.25) is 4.79 Å². The van der Waals surface area contributed by atoms with Crippen LogP contribution >= 0.6 is 39.3 Å². The summed E-state index contributed by atoms with van der Waals surface area (Å²) in [4.78, 5) is 16.7. The van der Waals surface area contributed by atoms with Crippen molar-refractivity contribution in [2.75, 3.05) is 11.5 Å². The molecule has 29 heavy (non-hydrogen) atoms. The van der Waals surface area contributed by atoms with Crippen molar-refractivity contribution >= 4 is 50.9 Å². The molecule has 142 valence electrons. The predicted molar refractivity (Wildman–Crippen MR) is 118 cm³/mol. The van der Waals surface area contributed by atoms with Crippen molar-refractivity contribution in [2.24, 2.45) is 0 Å². The van der Waals surface area contributed by atoms with Crippen LogP contribution in [0, 0.1) is 22.7 Å². The highest BCUT2D eigenvalue weighted by molar-refractivity contribution is 9.10. The van der Waals surface area contributed by atoms with Gasteiger partial charge in [-0.1, -0.05) is 63.6 Å². The van der Waals surface area contributed by atoms with Crippen LogP contribution in [0.3, 0.4) is 0 Å². The number of nitrogens with two attached hydrogens (primary N) is 1. The van der Waals surface area contributed by atoms with E-state index in [1.165, 1.54) is 0 Å². The highest BCUT2D eigenvalue weighted by Crippen LogP contribution is 2.36. The Morgan fingerprint density at radius 3 is 2.45 bits per heavy atom. The molecule has 0 unspecified atom stereocenters. The fourth-order valence-electron chi connectivity index (χ4n) is 2.69. The molecule has 0 saturated heterocycles. The molecule has 0 aliphatic heterocycles. The number of nitrogens with zero attached hydrogens (tertiary/aromatic N) is 3. The number of nitriles is 2. The van der Waals surface area contributed by atoms with E-state index in [9.17, 15) is 15.3 Å². The summed E-state index contributed by atoms with van der Waals surface area (Å²) < 4.78 is 0.803. The Kier molecular flexibility index (Phi) is 6.56. The average Bonchev–Trinajstić information content (AvgIpc) is 2.72. The number of pyridine rings is 1. The van der Waals surface area contributed by atoms with Gasteiger partial charge in [0.1, 0.15) is 28.5 Å². The number of benzene rings is 2. The molecule has 0 radical (unpaired) electrons. The van der Waals surface area contributed by atoms with Crippen molar-refractivity contribution in [3.05, 3.63) is 74.7 Å². The Morgan fingerprint density at radius 1 is 1.14 bits per heavy atom. The highest BCUT2D eigenvalue weighted by atomic mass is 79.9. The van der Waals surface area contributed by atoms with Crippen LogP contribution in [0.15, 0.2) is 58.0 Å². The molecule has 5 nitrogen and oxygen atoms in total. The third kappa shape index (κ3) is 4.60. The van der Waals surface area contributed by atoms with E-state index >= 15 is 0 Å². The van der Waals surface area contributed by atoms with Gasteiger partial charge in [-0.15, -0.1) is 0 Å². The fourth-order valence-corrected chi connectivity index (χ4v) is 4.10. The van der Waals surface area contributed by atoms with E-state index in [2.05, 4.69) is 27.0 Å². The van der Waals surface area contributed by atoms with Crippen LogP contribution < -0.4 is 5.73 Å². The van der Waals surface area contributed by atoms with E-state index in [0.29, 0.717) is 26.7 Å². The molecule has 3 aromatic rings. The van der Waals surface area contributed by atoms with Gasteiger partial charge in [0.15, 0.2) is 5.78 Å². The molecule has 0 spiro atoms. The Bertz CT molecular complexity index is 1180. The largest absolute Gasteiger partial charge is 0.383 e. The normalized spacial score (nSPS) is 10.2. The predicted octanol–water partition coefficient (Wildman–Crippen LogP) is 5.47. The number of carbonyl (C=O) groups excluding carboxylic acids is 1. The lowest BCUT2D eigenvalue weighted by Gasteiger charge is -2.13. The summed E-state index contributed by atoms with van der Waals surface area (Å²) in [7, 11) is 0. The Hall–Kier alpha value is -2.84. The molecule has 8 heteroatoms. The zero-order chi connectivity index (χ0) is 21.0. The van der Waals surface area contributed by atoms with Crippen molar-refractivity contribution in [1.82, 2.24) is 4.98 Å². The first-order valence-corrected chi connectivity index (χ1v) is 10.4. The number of hydrogen-bond donors (Lipinski definition) is 1. The molecule has 0 saturated carbocycles. The topological polar surface area (TPSA) is 104 Å². The van der Waals surface area contributed by atoms with Gasteiger partial charge < -0.3 is 5.73 Å². The summed E-state index contributed by atoms with van der Waals surface area (Å²) in [5, 5.41) is 20.2. The number of carbonyl (C=O) groups is 1. The van der Waals surface area contributed by atoms with E-state index < -0.39 is 0 Å². The summed E-state index contributed by atoms with van der Waals surface area (Å²) in [5.41, 5.74) is 7.86. The first-order chi connectivity index (χ1) is 13.9. The second-order valence-corrected chi connectivity index (χ2v) is 8.20. The minimum atomic E-state index is -0.113. The molecular weight excluding hydrogens is 472 g/mol. The van der Waals surface area contributed by atoms with E-state index in [1.807, 2.05) is 12.1 Å². The molecule has 1 aromatic heterocycles. The van der Waals surface area contributed by atoms with E-state index in [4.69, 9.17) is 17.3 Å². The second kappa shape index (κ2) is 9.11. The van der Waals surface area contributed by atoms with Gasteiger partial charge in [-0.25, -0.2) is 4.98 Å². The molecule has 0 aliphatic rings. The minimum Gasteiger partial charge on any atom is -0.383 e. The number of Topliss-reactive ketones (excluding diaryl/α,β-unsaturated/α-hetero) is 1. The molecule has 0 aliphatic carbocycles. The Labute approximate surface area is 185 Å². The summed E-state index contributed by atoms with van der Waals surface area (Å²) in [5.74, 6) is -0.0318. The van der Waals surface area contributed by atoms with Gasteiger partial charge >= 0.3 is 0 Å². The van der Waals surface area contributed by atoms with Gasteiger partial charge in [0.2, 0.25) is 0 Å². The van der Waals surface area contributed by atoms with E-state index in [1.54, 1.807) is 42.5 Å². The van der Waals surface area contributed by atoms with E-state index in [-0.39, 0.29) is 28.5 Å². The summed E-state index contributed by atoms with van der Waals surface area (Å²) in [6.45, 7) is 0. The summed E-state index contributed by atoms with van der Waals surface area (Å²) >= 11 is 10.4. The van der Waals surface area contributed by atoms with Gasteiger partial charge in [-0.05, 0) is 29.8 Å². The molecular formula is C21H12BrClN4OS. The highest BCUT2D eigenvalue weighted by Gasteiger charge is 2.21.